The van der Waals surface area contributed by atoms with Gasteiger partial charge in [0.1, 0.15) is 11.6 Å². The molecule has 2 N–H and O–H groups in total. The van der Waals surface area contributed by atoms with Crippen molar-refractivity contribution in [3.63, 3.8) is 0 Å². The largest absolute Gasteiger partial charge is 0.387 e. The Morgan fingerprint density at radius 1 is 1.42 bits per heavy atom. The molecule has 1 atom stereocenters. The molecule has 1 heterocycles. The Bertz CT molecular complexity index is 560. The Morgan fingerprint density at radius 2 is 2.21 bits per heavy atom. The summed E-state index contributed by atoms with van der Waals surface area (Å²) in [6.07, 6.45) is -1.15. The van der Waals surface area contributed by atoms with Gasteiger partial charge in [0.2, 0.25) is 5.89 Å². The van der Waals surface area contributed by atoms with Crippen LogP contribution in [0.1, 0.15) is 23.4 Å². The lowest BCUT2D eigenvalue weighted by molar-refractivity contribution is 0.167. The second kappa shape index (κ2) is 5.85. The zero-order valence-electron chi connectivity index (χ0n) is 10.2. The first-order valence-corrected chi connectivity index (χ1v) is 5.69. The molecule has 19 heavy (non-hydrogen) atoms. The molecule has 0 aliphatic rings. The van der Waals surface area contributed by atoms with Gasteiger partial charge in [-0.25, -0.2) is 8.78 Å². The highest BCUT2D eigenvalue weighted by molar-refractivity contribution is 5.21. The van der Waals surface area contributed by atoms with Crippen LogP contribution in [0, 0.1) is 18.6 Å². The Hall–Kier alpha value is -1.86. The molecule has 1 unspecified atom stereocenters. The van der Waals surface area contributed by atoms with E-state index in [0.717, 1.165) is 18.2 Å². The number of aliphatic hydroxyl groups is 1. The molecule has 5 nitrogen and oxygen atoms in total. The number of nitrogens with zero attached hydrogens (tertiary/aromatic N) is 2. The Labute approximate surface area is 108 Å². The van der Waals surface area contributed by atoms with Crippen LogP contribution in [0.2, 0.25) is 0 Å². The molecule has 0 aliphatic carbocycles. The van der Waals surface area contributed by atoms with Crippen molar-refractivity contribution in [2.24, 2.45) is 0 Å². The van der Waals surface area contributed by atoms with Crippen molar-refractivity contribution < 1.29 is 18.4 Å². The van der Waals surface area contributed by atoms with Crippen LogP contribution in [0.3, 0.4) is 0 Å². The second-order valence-electron chi connectivity index (χ2n) is 4.05. The van der Waals surface area contributed by atoms with E-state index in [1.807, 2.05) is 0 Å². The van der Waals surface area contributed by atoms with Gasteiger partial charge < -0.3 is 14.9 Å². The molecular formula is C12H13F2N3O2. The summed E-state index contributed by atoms with van der Waals surface area (Å²) in [6, 6.07) is 2.95. The van der Waals surface area contributed by atoms with Gasteiger partial charge in [0.15, 0.2) is 5.82 Å². The van der Waals surface area contributed by atoms with Crippen LogP contribution in [0.25, 0.3) is 0 Å². The maximum Gasteiger partial charge on any atom is 0.240 e. The summed E-state index contributed by atoms with van der Waals surface area (Å²) in [5, 5.41) is 16.2. The molecule has 7 heteroatoms. The predicted octanol–water partition coefficient (Wildman–Crippen LogP) is 1.48. The van der Waals surface area contributed by atoms with Crippen LogP contribution < -0.4 is 5.32 Å². The topological polar surface area (TPSA) is 71.2 Å². The highest BCUT2D eigenvalue weighted by atomic mass is 19.1. The molecule has 1 aromatic heterocycles. The Kier molecular flexibility index (Phi) is 4.18. The lowest BCUT2D eigenvalue weighted by atomic mass is 10.1. The van der Waals surface area contributed by atoms with Gasteiger partial charge in [0, 0.05) is 12.1 Å². The first-order valence-electron chi connectivity index (χ1n) is 5.69. The third-order valence-electron chi connectivity index (χ3n) is 2.50. The Morgan fingerprint density at radius 3 is 2.89 bits per heavy atom. The predicted molar refractivity (Wildman–Crippen MR) is 62.1 cm³/mol. The summed E-state index contributed by atoms with van der Waals surface area (Å²) < 4.78 is 31.2. The van der Waals surface area contributed by atoms with E-state index in [2.05, 4.69) is 15.5 Å². The van der Waals surface area contributed by atoms with E-state index in [9.17, 15) is 13.9 Å². The van der Waals surface area contributed by atoms with Crippen LogP contribution in [0.15, 0.2) is 22.7 Å². The van der Waals surface area contributed by atoms with Crippen LogP contribution in [-0.2, 0) is 6.54 Å². The molecule has 2 aromatic rings. The van der Waals surface area contributed by atoms with Crippen molar-refractivity contribution in [3.05, 3.63) is 47.1 Å². The summed E-state index contributed by atoms with van der Waals surface area (Å²) in [5.41, 5.74) is -0.0887. The van der Waals surface area contributed by atoms with Crippen molar-refractivity contribution in [2.45, 2.75) is 19.6 Å². The van der Waals surface area contributed by atoms with Crippen LogP contribution in [0.5, 0.6) is 0 Å². The Balaban J connectivity index is 1.90. The van der Waals surface area contributed by atoms with E-state index in [1.165, 1.54) is 0 Å². The molecule has 0 radical (unpaired) electrons. The number of aliphatic hydroxyl groups excluding tert-OH is 1. The van der Waals surface area contributed by atoms with Gasteiger partial charge >= 0.3 is 0 Å². The number of rotatable bonds is 5. The molecule has 0 aliphatic heterocycles. The van der Waals surface area contributed by atoms with Crippen molar-refractivity contribution in [1.82, 2.24) is 15.5 Å². The van der Waals surface area contributed by atoms with E-state index >= 15 is 0 Å². The third-order valence-corrected chi connectivity index (χ3v) is 2.50. The standard InChI is InChI=1S/C12H13F2N3O2/c1-7-16-12(19-17-7)6-15-5-11(18)9-4-8(13)2-3-10(9)14/h2-4,11,15,18H,5-6H2,1H3. The van der Waals surface area contributed by atoms with E-state index in [1.54, 1.807) is 6.92 Å². The van der Waals surface area contributed by atoms with E-state index in [0.29, 0.717) is 11.7 Å². The molecule has 102 valence electrons. The van der Waals surface area contributed by atoms with E-state index < -0.39 is 17.7 Å². The zero-order valence-corrected chi connectivity index (χ0v) is 10.2. The highest BCUT2D eigenvalue weighted by Gasteiger charge is 2.14. The minimum absolute atomic E-state index is 0.0435. The molecular weight excluding hydrogens is 256 g/mol. The average molecular weight is 269 g/mol. The summed E-state index contributed by atoms with van der Waals surface area (Å²) >= 11 is 0. The molecule has 0 bridgehead atoms. The fraction of sp³-hybridized carbons (Fsp3) is 0.333. The van der Waals surface area contributed by atoms with Crippen LogP contribution in [-0.4, -0.2) is 21.8 Å². The SMILES string of the molecule is Cc1noc(CNCC(O)c2cc(F)ccc2F)n1. The monoisotopic (exact) mass is 269 g/mol. The van der Waals surface area contributed by atoms with Gasteiger partial charge in [-0.1, -0.05) is 5.16 Å². The van der Waals surface area contributed by atoms with Gasteiger partial charge in [-0.05, 0) is 25.1 Å². The lowest BCUT2D eigenvalue weighted by Crippen LogP contribution is -2.22. The number of halogens is 2. The number of hydrogen-bond acceptors (Lipinski definition) is 5. The van der Waals surface area contributed by atoms with Crippen molar-refractivity contribution in [2.75, 3.05) is 6.54 Å². The summed E-state index contributed by atoms with van der Waals surface area (Å²) in [7, 11) is 0. The van der Waals surface area contributed by atoms with Gasteiger partial charge in [-0.15, -0.1) is 0 Å². The molecule has 0 saturated carbocycles. The maximum absolute atomic E-state index is 13.4. The van der Waals surface area contributed by atoms with Crippen LogP contribution in [0.4, 0.5) is 8.78 Å². The highest BCUT2D eigenvalue weighted by Crippen LogP contribution is 2.17. The third kappa shape index (κ3) is 3.55. The lowest BCUT2D eigenvalue weighted by Gasteiger charge is -2.12. The fourth-order valence-electron chi connectivity index (χ4n) is 1.61. The minimum atomic E-state index is -1.15. The molecule has 0 spiro atoms. The first kappa shape index (κ1) is 13.6. The van der Waals surface area contributed by atoms with E-state index in [4.69, 9.17) is 4.52 Å². The summed E-state index contributed by atoms with van der Waals surface area (Å²) in [4.78, 5) is 3.96. The van der Waals surface area contributed by atoms with Crippen LogP contribution >= 0.6 is 0 Å². The van der Waals surface area contributed by atoms with E-state index in [-0.39, 0.29) is 18.7 Å². The van der Waals surface area contributed by atoms with Crippen molar-refractivity contribution >= 4 is 0 Å². The number of nitrogens with one attached hydrogen (secondary N) is 1. The maximum atomic E-state index is 13.4. The number of hydrogen-bond donors (Lipinski definition) is 2. The minimum Gasteiger partial charge on any atom is -0.387 e. The van der Waals surface area contributed by atoms with Gasteiger partial charge in [-0.3, -0.25) is 0 Å². The van der Waals surface area contributed by atoms with Crippen molar-refractivity contribution in [3.8, 4) is 0 Å². The summed E-state index contributed by atoms with van der Waals surface area (Å²) in [6.45, 7) is 1.97. The van der Waals surface area contributed by atoms with Gasteiger partial charge in [0.25, 0.3) is 0 Å². The zero-order chi connectivity index (χ0) is 13.8. The number of aryl methyl sites for hydroxylation is 1. The molecule has 0 saturated heterocycles. The smallest absolute Gasteiger partial charge is 0.240 e. The van der Waals surface area contributed by atoms with Crippen molar-refractivity contribution in [1.29, 1.82) is 0 Å². The molecule has 1 aromatic carbocycles. The first-order chi connectivity index (χ1) is 9.06. The molecule has 0 amide bonds. The number of aromatic nitrogens is 2. The van der Waals surface area contributed by atoms with Gasteiger partial charge in [-0.2, -0.15) is 4.98 Å². The van der Waals surface area contributed by atoms with Gasteiger partial charge in [0.05, 0.1) is 12.6 Å². The normalized spacial score (nSPS) is 12.6. The quantitative estimate of drug-likeness (QED) is 0.860. The fourth-order valence-corrected chi connectivity index (χ4v) is 1.61. The number of benzene rings is 1. The molecule has 2 rings (SSSR count). The average Bonchev–Trinajstić information content (AvgIpc) is 2.78. The summed E-state index contributed by atoms with van der Waals surface area (Å²) in [5.74, 6) is -0.370. The second-order valence-corrected chi connectivity index (χ2v) is 4.05. The molecule has 0 fully saturated rings.